The van der Waals surface area contributed by atoms with Crippen LogP contribution in [-0.2, 0) is 11.3 Å². The first kappa shape index (κ1) is 23.9. The molecule has 2 saturated heterocycles. The second-order valence-corrected chi connectivity index (χ2v) is 10.3. The van der Waals surface area contributed by atoms with Crippen LogP contribution in [0.4, 0.5) is 0 Å². The highest BCUT2D eigenvalue weighted by Gasteiger charge is 2.56. The first-order valence-electron chi connectivity index (χ1n) is 13.1. The van der Waals surface area contributed by atoms with Crippen molar-refractivity contribution in [3.8, 4) is 11.1 Å². The monoisotopic (exact) mass is 476 g/mol. The fraction of sp³-hybridized carbons (Fsp3) is 0.536. The van der Waals surface area contributed by atoms with Crippen molar-refractivity contribution in [2.45, 2.75) is 76.1 Å². The highest BCUT2D eigenvalue weighted by atomic mass is 16.3. The van der Waals surface area contributed by atoms with E-state index in [2.05, 4.69) is 44.4 Å². The third-order valence-electron chi connectivity index (χ3n) is 8.04. The van der Waals surface area contributed by atoms with Crippen molar-refractivity contribution in [3.63, 3.8) is 0 Å². The Morgan fingerprint density at radius 2 is 1.86 bits per heavy atom. The van der Waals surface area contributed by atoms with Gasteiger partial charge in [-0.3, -0.25) is 19.5 Å². The molecule has 1 aromatic carbocycles. The van der Waals surface area contributed by atoms with Gasteiger partial charge in [0.1, 0.15) is 11.2 Å². The van der Waals surface area contributed by atoms with Gasteiger partial charge in [-0.05, 0) is 43.4 Å². The van der Waals surface area contributed by atoms with Crippen LogP contribution in [0.1, 0.15) is 67.9 Å². The number of nitrogens with one attached hydrogen (secondary N) is 1. The van der Waals surface area contributed by atoms with Crippen molar-refractivity contribution < 1.29 is 14.7 Å². The largest absolute Gasteiger partial charge is 0.392 e. The van der Waals surface area contributed by atoms with Gasteiger partial charge in [0, 0.05) is 50.4 Å². The number of aliphatic hydroxyl groups is 1. The second-order valence-electron chi connectivity index (χ2n) is 10.3. The summed E-state index contributed by atoms with van der Waals surface area (Å²) in [4.78, 5) is 34.3. The Morgan fingerprint density at radius 1 is 1.11 bits per heavy atom. The summed E-state index contributed by atoms with van der Waals surface area (Å²) in [5.74, 6) is 0.0653. The molecule has 7 nitrogen and oxygen atoms in total. The number of hydrogen-bond donors (Lipinski definition) is 2. The Kier molecular flexibility index (Phi) is 6.89. The molecular weight excluding hydrogens is 440 g/mol. The number of hydrogen-bond acceptors (Lipinski definition) is 5. The minimum Gasteiger partial charge on any atom is -0.392 e. The normalized spacial score (nSPS) is 25.5. The zero-order valence-electron chi connectivity index (χ0n) is 20.6. The lowest BCUT2D eigenvalue weighted by Gasteiger charge is -2.36. The summed E-state index contributed by atoms with van der Waals surface area (Å²) in [7, 11) is 0. The maximum atomic E-state index is 13.7. The van der Waals surface area contributed by atoms with Gasteiger partial charge in [-0.1, -0.05) is 49.6 Å². The number of nitrogens with zero attached hydrogens (tertiary/aromatic N) is 3. The number of aliphatic hydroxyl groups excluding tert-OH is 1. The Labute approximate surface area is 207 Å². The van der Waals surface area contributed by atoms with Gasteiger partial charge < -0.3 is 15.3 Å². The number of amides is 2. The highest BCUT2D eigenvalue weighted by Crippen LogP contribution is 2.42. The average molecular weight is 477 g/mol. The fourth-order valence-corrected chi connectivity index (χ4v) is 6.21. The summed E-state index contributed by atoms with van der Waals surface area (Å²) in [5.41, 5.74) is 2.95. The molecule has 1 aromatic heterocycles. The van der Waals surface area contributed by atoms with Crippen LogP contribution in [0.3, 0.4) is 0 Å². The summed E-state index contributed by atoms with van der Waals surface area (Å²) in [5, 5.41) is 13.3. The molecule has 3 fully saturated rings. The highest BCUT2D eigenvalue weighted by molar-refractivity contribution is 5.92. The summed E-state index contributed by atoms with van der Waals surface area (Å²) in [6.07, 6.45) is 8.54. The maximum absolute atomic E-state index is 13.7. The number of carbonyl (C=O) groups is 2. The van der Waals surface area contributed by atoms with Gasteiger partial charge in [0.2, 0.25) is 5.91 Å². The first-order chi connectivity index (χ1) is 17.0. The van der Waals surface area contributed by atoms with Gasteiger partial charge >= 0.3 is 0 Å². The summed E-state index contributed by atoms with van der Waals surface area (Å²) >= 11 is 0. The van der Waals surface area contributed by atoms with Gasteiger partial charge in [0.05, 0.1) is 6.10 Å². The molecule has 2 amide bonds. The third-order valence-corrected chi connectivity index (χ3v) is 8.04. The van der Waals surface area contributed by atoms with Crippen molar-refractivity contribution >= 4 is 11.8 Å². The van der Waals surface area contributed by atoms with E-state index in [1.165, 1.54) is 19.3 Å². The molecule has 3 aliphatic rings. The molecule has 3 heterocycles. The summed E-state index contributed by atoms with van der Waals surface area (Å²) in [6, 6.07) is 12.3. The van der Waals surface area contributed by atoms with Crippen LogP contribution in [-0.4, -0.2) is 69.0 Å². The van der Waals surface area contributed by atoms with E-state index < -0.39 is 11.6 Å². The number of β-amino-alcohol motifs (C(OH)–C–C–N with tert-alkyl or cyclic N) is 1. The van der Waals surface area contributed by atoms with Crippen LogP contribution in [0, 0.1) is 0 Å². The second kappa shape index (κ2) is 10.1. The Hall–Kier alpha value is -2.77. The van der Waals surface area contributed by atoms with E-state index in [1.54, 1.807) is 12.3 Å². The number of likely N-dealkylation sites (tertiary alicyclic amines) is 2. The molecule has 2 atom stereocenters. The summed E-state index contributed by atoms with van der Waals surface area (Å²) in [6.45, 7) is 4.45. The van der Waals surface area contributed by atoms with E-state index in [1.807, 2.05) is 13.0 Å². The van der Waals surface area contributed by atoms with E-state index in [4.69, 9.17) is 0 Å². The van der Waals surface area contributed by atoms with Crippen LogP contribution in [0.2, 0.25) is 0 Å². The quantitative estimate of drug-likeness (QED) is 0.668. The van der Waals surface area contributed by atoms with Crippen LogP contribution in [0.15, 0.2) is 42.6 Å². The predicted octanol–water partition coefficient (Wildman–Crippen LogP) is 3.37. The number of aromatic nitrogens is 1. The molecule has 2 aromatic rings. The van der Waals surface area contributed by atoms with Crippen molar-refractivity contribution in [1.29, 1.82) is 0 Å². The van der Waals surface area contributed by atoms with E-state index in [9.17, 15) is 14.7 Å². The van der Waals surface area contributed by atoms with Crippen LogP contribution in [0.5, 0.6) is 0 Å². The molecule has 2 aliphatic heterocycles. The fourth-order valence-electron chi connectivity index (χ4n) is 6.21. The smallest absolute Gasteiger partial charge is 0.269 e. The first-order valence-corrected chi connectivity index (χ1v) is 13.1. The van der Waals surface area contributed by atoms with Crippen LogP contribution in [0.25, 0.3) is 11.1 Å². The molecule has 35 heavy (non-hydrogen) atoms. The molecule has 1 aliphatic carbocycles. The van der Waals surface area contributed by atoms with E-state index in [0.29, 0.717) is 37.8 Å². The topological polar surface area (TPSA) is 85.8 Å². The zero-order valence-corrected chi connectivity index (χ0v) is 20.6. The summed E-state index contributed by atoms with van der Waals surface area (Å²) < 4.78 is 0. The molecule has 7 heteroatoms. The molecule has 1 unspecified atom stereocenters. The van der Waals surface area contributed by atoms with Crippen LogP contribution < -0.4 is 5.32 Å². The van der Waals surface area contributed by atoms with Gasteiger partial charge in [0.15, 0.2) is 0 Å². The molecule has 0 bridgehead atoms. The molecule has 5 rings (SSSR count). The minimum absolute atomic E-state index is 0.167. The van der Waals surface area contributed by atoms with E-state index in [-0.39, 0.29) is 11.8 Å². The Bertz CT molecular complexity index is 1050. The van der Waals surface area contributed by atoms with Crippen molar-refractivity contribution in [1.82, 2.24) is 20.1 Å². The lowest BCUT2D eigenvalue weighted by Crippen LogP contribution is -2.51. The Morgan fingerprint density at radius 3 is 2.54 bits per heavy atom. The van der Waals surface area contributed by atoms with Crippen molar-refractivity contribution in [2.75, 3.05) is 19.6 Å². The molecule has 0 radical (unpaired) electrons. The number of rotatable bonds is 6. The zero-order chi connectivity index (χ0) is 24.4. The third kappa shape index (κ3) is 4.71. The van der Waals surface area contributed by atoms with Crippen molar-refractivity contribution in [3.05, 3.63) is 53.9 Å². The van der Waals surface area contributed by atoms with E-state index >= 15 is 0 Å². The average Bonchev–Trinajstić information content (AvgIpc) is 3.38. The molecule has 186 valence electrons. The Balaban J connectivity index is 1.28. The number of benzene rings is 1. The maximum Gasteiger partial charge on any atom is 0.269 e. The standard InChI is InChI=1S/C28H36N4O3/c1-2-29-26(34)25-13-12-22(17-30-25)21-10-8-20(9-11-21)18-31-19-24(33)16-28(31)14-15-32(27(28)35)23-6-4-3-5-7-23/h8-13,17,23-24,33H,2-7,14-16,18-19H2,1H3,(H,29,34)/t24-,28?/m1/s1. The van der Waals surface area contributed by atoms with Crippen LogP contribution >= 0.6 is 0 Å². The predicted molar refractivity (Wildman–Crippen MR) is 135 cm³/mol. The van der Waals surface area contributed by atoms with Gasteiger partial charge in [0.25, 0.3) is 5.91 Å². The minimum atomic E-state index is -0.561. The molecular formula is C28H36N4O3. The molecule has 1 saturated carbocycles. The van der Waals surface area contributed by atoms with Crippen molar-refractivity contribution in [2.24, 2.45) is 0 Å². The van der Waals surface area contributed by atoms with Gasteiger partial charge in [-0.2, -0.15) is 0 Å². The lowest BCUT2D eigenvalue weighted by molar-refractivity contribution is -0.139. The number of pyridine rings is 1. The van der Waals surface area contributed by atoms with Gasteiger partial charge in [-0.25, -0.2) is 0 Å². The molecule has 2 N–H and O–H groups in total. The molecule has 1 spiro atoms. The lowest BCUT2D eigenvalue weighted by atomic mass is 9.91. The van der Waals surface area contributed by atoms with Gasteiger partial charge in [-0.15, -0.1) is 0 Å². The SMILES string of the molecule is CCNC(=O)c1ccc(-c2ccc(CN3C[C@H](O)CC34CCN(C3CCCCC3)C4=O)cc2)cn1. The van der Waals surface area contributed by atoms with E-state index in [0.717, 1.165) is 42.5 Å². The number of carbonyl (C=O) groups excluding carboxylic acids is 2.